The van der Waals surface area contributed by atoms with Crippen LogP contribution < -0.4 is 16.0 Å². The molecule has 0 saturated carbocycles. The largest absolute Gasteiger partial charge is 0.444 e. The van der Waals surface area contributed by atoms with E-state index in [1.54, 1.807) is 52.8 Å². The Morgan fingerprint density at radius 2 is 1.50 bits per heavy atom. The van der Waals surface area contributed by atoms with E-state index < -0.39 is 51.5 Å². The number of carbonyl (C=O) groups is 3. The van der Waals surface area contributed by atoms with Gasteiger partial charge < -0.3 is 20.7 Å². The predicted molar refractivity (Wildman–Crippen MR) is 140 cm³/mol. The standard InChI is InChI=1S/C26H41N3O6S/c1-17(2)16-20(14-15-36(33,34)21-12-10-9-11-13-21)28-23(30)19(5)27-24(31)22(18(3)4)29-25(32)35-26(6,7)8/h9-15,17-20,22H,16H2,1-8H3,(H,27,31)(H,28,30)(H,29,32)/b15-14+/t19-,20+,22-/m0/s1. The zero-order chi connectivity index (χ0) is 27.7. The molecule has 3 N–H and O–H groups in total. The fraction of sp³-hybridized carbons (Fsp3) is 0.577. The highest BCUT2D eigenvalue weighted by Crippen LogP contribution is 2.14. The molecule has 1 aromatic carbocycles. The second-order valence-electron chi connectivity index (χ2n) is 10.5. The van der Waals surface area contributed by atoms with Crippen LogP contribution in [0.25, 0.3) is 0 Å². The van der Waals surface area contributed by atoms with E-state index in [1.165, 1.54) is 25.1 Å². The monoisotopic (exact) mass is 523 g/mol. The Bertz CT molecular complexity index is 1010. The number of alkyl carbamates (subject to hydrolysis) is 1. The molecule has 1 rings (SSSR count). The first-order chi connectivity index (χ1) is 16.5. The van der Waals surface area contributed by atoms with E-state index in [2.05, 4.69) is 16.0 Å². The van der Waals surface area contributed by atoms with Gasteiger partial charge in [-0.05, 0) is 58.1 Å². The maximum Gasteiger partial charge on any atom is 0.408 e. The number of carbonyl (C=O) groups excluding carboxylic acids is 3. The Labute approximate surface area is 215 Å². The van der Waals surface area contributed by atoms with E-state index >= 15 is 0 Å². The van der Waals surface area contributed by atoms with Crippen molar-refractivity contribution in [2.45, 2.75) is 90.4 Å². The average molecular weight is 524 g/mol. The molecule has 0 heterocycles. The van der Waals surface area contributed by atoms with Gasteiger partial charge in [0.15, 0.2) is 9.84 Å². The summed E-state index contributed by atoms with van der Waals surface area (Å²) in [5.74, 6) is -1.09. The van der Waals surface area contributed by atoms with Crippen LogP contribution in [0.3, 0.4) is 0 Å². The summed E-state index contributed by atoms with van der Waals surface area (Å²) in [5.41, 5.74) is -0.720. The van der Waals surface area contributed by atoms with Crippen molar-refractivity contribution in [2.75, 3.05) is 0 Å². The minimum Gasteiger partial charge on any atom is -0.444 e. The van der Waals surface area contributed by atoms with Crippen molar-refractivity contribution in [3.05, 3.63) is 41.8 Å². The Morgan fingerprint density at radius 3 is 2.00 bits per heavy atom. The molecular weight excluding hydrogens is 482 g/mol. The summed E-state index contributed by atoms with van der Waals surface area (Å²) < 4.78 is 30.4. The summed E-state index contributed by atoms with van der Waals surface area (Å²) in [6, 6.07) is 5.63. The third-order valence-corrected chi connectivity index (χ3v) is 6.43. The highest BCUT2D eigenvalue weighted by atomic mass is 32.2. The van der Waals surface area contributed by atoms with Crippen molar-refractivity contribution >= 4 is 27.7 Å². The van der Waals surface area contributed by atoms with Crippen LogP contribution in [0.1, 0.15) is 61.8 Å². The van der Waals surface area contributed by atoms with E-state index in [0.29, 0.717) is 6.42 Å². The van der Waals surface area contributed by atoms with E-state index in [4.69, 9.17) is 4.74 Å². The molecule has 36 heavy (non-hydrogen) atoms. The van der Waals surface area contributed by atoms with Crippen LogP contribution >= 0.6 is 0 Å². The summed E-state index contributed by atoms with van der Waals surface area (Å²) >= 11 is 0. The molecule has 0 aromatic heterocycles. The second kappa shape index (κ2) is 13.4. The summed E-state index contributed by atoms with van der Waals surface area (Å²) in [6.07, 6.45) is 1.23. The summed E-state index contributed by atoms with van der Waals surface area (Å²) in [4.78, 5) is 38.0. The van der Waals surface area contributed by atoms with Crippen LogP contribution in [0.4, 0.5) is 4.79 Å². The first-order valence-electron chi connectivity index (χ1n) is 12.1. The van der Waals surface area contributed by atoms with E-state index in [9.17, 15) is 22.8 Å². The Morgan fingerprint density at radius 1 is 0.917 bits per heavy atom. The first-order valence-corrected chi connectivity index (χ1v) is 13.6. The highest BCUT2D eigenvalue weighted by Gasteiger charge is 2.29. The maximum atomic E-state index is 12.8. The topological polar surface area (TPSA) is 131 Å². The highest BCUT2D eigenvalue weighted by molar-refractivity contribution is 7.94. The molecule has 0 aliphatic rings. The lowest BCUT2D eigenvalue weighted by Crippen LogP contribution is -2.55. The summed E-state index contributed by atoms with van der Waals surface area (Å²) in [5, 5.41) is 9.07. The molecule has 10 heteroatoms. The molecule has 202 valence electrons. The van der Waals surface area contributed by atoms with Gasteiger partial charge in [0.2, 0.25) is 11.8 Å². The molecule has 3 atom stereocenters. The van der Waals surface area contributed by atoms with Gasteiger partial charge in [-0.1, -0.05) is 52.0 Å². The molecule has 0 fully saturated rings. The molecule has 0 unspecified atom stereocenters. The van der Waals surface area contributed by atoms with Crippen LogP contribution in [0.5, 0.6) is 0 Å². The normalized spacial score (nSPS) is 14.8. The van der Waals surface area contributed by atoms with Crippen LogP contribution in [-0.4, -0.2) is 50.1 Å². The lowest BCUT2D eigenvalue weighted by Gasteiger charge is -2.26. The average Bonchev–Trinajstić information content (AvgIpc) is 2.74. The lowest BCUT2D eigenvalue weighted by molar-refractivity contribution is -0.130. The quantitative estimate of drug-likeness (QED) is 0.407. The Hall–Kier alpha value is -2.88. The van der Waals surface area contributed by atoms with Gasteiger partial charge in [-0.25, -0.2) is 13.2 Å². The van der Waals surface area contributed by atoms with Crippen LogP contribution in [0.15, 0.2) is 46.7 Å². The smallest absolute Gasteiger partial charge is 0.408 e. The van der Waals surface area contributed by atoms with Crippen molar-refractivity contribution in [2.24, 2.45) is 11.8 Å². The van der Waals surface area contributed by atoms with Gasteiger partial charge in [-0.15, -0.1) is 0 Å². The third kappa shape index (κ3) is 11.2. The fourth-order valence-corrected chi connectivity index (χ4v) is 4.32. The predicted octanol–water partition coefficient (Wildman–Crippen LogP) is 3.56. The first kappa shape index (κ1) is 31.2. The van der Waals surface area contributed by atoms with Gasteiger partial charge in [0.25, 0.3) is 0 Å². The minimum absolute atomic E-state index is 0.161. The molecule has 0 spiro atoms. The number of rotatable bonds is 11. The number of amides is 3. The number of hydrogen-bond donors (Lipinski definition) is 3. The Balaban J connectivity index is 2.89. The van der Waals surface area contributed by atoms with Crippen molar-refractivity contribution in [1.82, 2.24) is 16.0 Å². The molecule has 0 saturated heterocycles. The minimum atomic E-state index is -3.67. The number of sulfone groups is 1. The zero-order valence-corrected chi connectivity index (χ0v) is 23.3. The van der Waals surface area contributed by atoms with Crippen LogP contribution in [-0.2, 0) is 24.2 Å². The van der Waals surface area contributed by atoms with Crippen molar-refractivity contribution in [3.8, 4) is 0 Å². The summed E-state index contributed by atoms with van der Waals surface area (Å²) in [7, 11) is -3.67. The van der Waals surface area contributed by atoms with E-state index in [1.807, 2.05) is 13.8 Å². The van der Waals surface area contributed by atoms with E-state index in [0.717, 1.165) is 5.41 Å². The van der Waals surface area contributed by atoms with Crippen LogP contribution in [0.2, 0.25) is 0 Å². The number of nitrogens with one attached hydrogen (secondary N) is 3. The van der Waals surface area contributed by atoms with Crippen molar-refractivity contribution < 1.29 is 27.5 Å². The maximum absolute atomic E-state index is 12.8. The third-order valence-electron chi connectivity index (χ3n) is 4.99. The van der Waals surface area contributed by atoms with Gasteiger partial charge in [0.1, 0.15) is 17.7 Å². The molecule has 0 bridgehead atoms. The molecule has 9 nitrogen and oxygen atoms in total. The molecule has 0 radical (unpaired) electrons. The van der Waals surface area contributed by atoms with Crippen LogP contribution in [0, 0.1) is 11.8 Å². The molecule has 3 amide bonds. The zero-order valence-electron chi connectivity index (χ0n) is 22.5. The molecule has 0 aliphatic heterocycles. The van der Waals surface area contributed by atoms with E-state index in [-0.39, 0.29) is 16.7 Å². The van der Waals surface area contributed by atoms with Gasteiger partial charge in [0.05, 0.1) is 4.90 Å². The van der Waals surface area contributed by atoms with Crippen molar-refractivity contribution in [3.63, 3.8) is 0 Å². The second-order valence-corrected chi connectivity index (χ2v) is 12.4. The number of hydrogen-bond acceptors (Lipinski definition) is 6. The molecular formula is C26H41N3O6S. The number of benzene rings is 1. The van der Waals surface area contributed by atoms with Crippen molar-refractivity contribution in [1.29, 1.82) is 0 Å². The summed E-state index contributed by atoms with van der Waals surface area (Å²) in [6.45, 7) is 14.1. The SMILES string of the molecule is CC(C)C[C@@H](/C=C/S(=O)(=O)c1ccccc1)NC(=O)[C@H](C)NC(=O)[C@@H](NC(=O)OC(C)(C)C)C(C)C. The molecule has 0 aliphatic carbocycles. The fourth-order valence-electron chi connectivity index (χ4n) is 3.23. The molecule has 1 aromatic rings. The van der Waals surface area contributed by atoms with Gasteiger partial charge in [-0.2, -0.15) is 0 Å². The lowest BCUT2D eigenvalue weighted by atomic mass is 10.0. The van der Waals surface area contributed by atoms with Gasteiger partial charge in [0, 0.05) is 11.4 Å². The van der Waals surface area contributed by atoms with Gasteiger partial charge in [-0.3, -0.25) is 9.59 Å². The Kier molecular flexibility index (Phi) is 11.6. The van der Waals surface area contributed by atoms with Gasteiger partial charge >= 0.3 is 6.09 Å². The number of ether oxygens (including phenoxy) is 1.